The molecule has 4 heterocycles. The molecule has 5 rings (SSSR count). The van der Waals surface area contributed by atoms with Gasteiger partial charge < -0.3 is 19.1 Å². The Balaban J connectivity index is 1.14. The number of pyridine rings is 1. The molecule has 0 saturated carbocycles. The third-order valence-corrected chi connectivity index (χ3v) is 6.43. The van der Waals surface area contributed by atoms with Crippen molar-refractivity contribution < 1.29 is 9.26 Å². The van der Waals surface area contributed by atoms with Gasteiger partial charge in [0.15, 0.2) is 11.4 Å². The molecule has 2 aromatic heterocycles. The highest BCUT2D eigenvalue weighted by molar-refractivity contribution is 5.88. The van der Waals surface area contributed by atoms with Gasteiger partial charge in [0.1, 0.15) is 0 Å². The number of anilines is 1. The van der Waals surface area contributed by atoms with Crippen molar-refractivity contribution in [1.29, 1.82) is 0 Å². The number of rotatable bonds is 6. The normalized spacial score (nSPS) is 22.1. The van der Waals surface area contributed by atoms with Crippen LogP contribution in [0.25, 0.3) is 11.0 Å². The quantitative estimate of drug-likeness (QED) is 0.605. The van der Waals surface area contributed by atoms with Crippen molar-refractivity contribution in [1.82, 2.24) is 19.9 Å². The Morgan fingerprint density at radius 2 is 2.00 bits per heavy atom. The highest BCUT2D eigenvalue weighted by Crippen LogP contribution is 2.31. The number of piperazine rings is 1. The summed E-state index contributed by atoms with van der Waals surface area (Å²) in [5.74, 6) is 2.27. The van der Waals surface area contributed by atoms with Crippen molar-refractivity contribution >= 4 is 16.8 Å². The molecule has 3 aromatic rings. The summed E-state index contributed by atoms with van der Waals surface area (Å²) in [5, 5.41) is 5.47. The highest BCUT2D eigenvalue weighted by atomic mass is 16.5. The molecular formula is C24H31N5O2. The topological polar surface area (TPSA) is 57.9 Å². The largest absolute Gasteiger partial charge is 0.477 e. The SMILES string of the molecule is CN(C)Cc1ccc(OC[C@@H]2CC[C@H]3CN(c4noc5ccccc45)CCN3C2)nc1. The standard InChI is InChI=1S/C24H31N5O2/c1-27(2)14-18-8-10-23(25-13-18)30-17-19-7-9-20-16-29(12-11-28(20)15-19)24-21-5-3-4-6-22(21)31-26-24/h3-6,8,10,13,19-20H,7,9,11-12,14-17H2,1-2H3/t19-,20+/m1/s1. The maximum absolute atomic E-state index is 6.03. The van der Waals surface area contributed by atoms with E-state index >= 15 is 0 Å². The molecule has 0 amide bonds. The lowest BCUT2D eigenvalue weighted by molar-refractivity contribution is 0.0716. The number of nitrogens with zero attached hydrogens (tertiary/aromatic N) is 5. The summed E-state index contributed by atoms with van der Waals surface area (Å²) in [6, 6.07) is 12.8. The number of para-hydroxylation sites is 1. The molecule has 0 spiro atoms. The minimum atomic E-state index is 0.555. The first-order valence-electron chi connectivity index (χ1n) is 11.2. The molecule has 164 valence electrons. The van der Waals surface area contributed by atoms with Crippen molar-refractivity contribution in [3.63, 3.8) is 0 Å². The van der Waals surface area contributed by atoms with Gasteiger partial charge in [0.25, 0.3) is 0 Å². The Kier molecular flexibility index (Phi) is 5.78. The van der Waals surface area contributed by atoms with E-state index in [1.807, 2.05) is 24.4 Å². The third-order valence-electron chi connectivity index (χ3n) is 6.43. The van der Waals surface area contributed by atoms with Crippen LogP contribution in [0.4, 0.5) is 5.82 Å². The molecule has 7 nitrogen and oxygen atoms in total. The van der Waals surface area contributed by atoms with E-state index in [4.69, 9.17) is 9.26 Å². The first kappa shape index (κ1) is 20.3. The smallest absolute Gasteiger partial charge is 0.213 e. The zero-order valence-electron chi connectivity index (χ0n) is 18.4. The Morgan fingerprint density at radius 3 is 2.84 bits per heavy atom. The summed E-state index contributed by atoms with van der Waals surface area (Å²) in [6.07, 6.45) is 4.29. The Bertz CT molecular complexity index is 1000. The van der Waals surface area contributed by atoms with Crippen LogP contribution in [0.5, 0.6) is 5.88 Å². The van der Waals surface area contributed by atoms with E-state index < -0.39 is 0 Å². The van der Waals surface area contributed by atoms with Gasteiger partial charge in [0, 0.05) is 56.9 Å². The van der Waals surface area contributed by atoms with Crippen LogP contribution in [0.15, 0.2) is 47.1 Å². The molecule has 2 atom stereocenters. The fraction of sp³-hybridized carbons (Fsp3) is 0.500. The second-order valence-corrected chi connectivity index (χ2v) is 9.09. The number of ether oxygens (including phenoxy) is 1. The molecule has 2 aliphatic heterocycles. The Morgan fingerprint density at radius 1 is 1.10 bits per heavy atom. The fourth-order valence-electron chi connectivity index (χ4n) is 4.85. The van der Waals surface area contributed by atoms with E-state index in [9.17, 15) is 0 Å². The number of aromatic nitrogens is 2. The monoisotopic (exact) mass is 421 g/mol. The zero-order valence-corrected chi connectivity index (χ0v) is 18.4. The highest BCUT2D eigenvalue weighted by Gasteiger charge is 2.34. The second-order valence-electron chi connectivity index (χ2n) is 9.09. The maximum atomic E-state index is 6.03. The lowest BCUT2D eigenvalue weighted by Crippen LogP contribution is -2.57. The Labute approximate surface area is 183 Å². The van der Waals surface area contributed by atoms with E-state index in [0.29, 0.717) is 12.0 Å². The van der Waals surface area contributed by atoms with E-state index in [0.717, 1.165) is 62.0 Å². The summed E-state index contributed by atoms with van der Waals surface area (Å²) < 4.78 is 11.6. The van der Waals surface area contributed by atoms with Gasteiger partial charge in [-0.1, -0.05) is 23.4 Å². The summed E-state index contributed by atoms with van der Waals surface area (Å²) in [5.41, 5.74) is 2.07. The fourth-order valence-corrected chi connectivity index (χ4v) is 4.85. The molecule has 2 fully saturated rings. The molecular weight excluding hydrogens is 390 g/mol. The molecule has 0 N–H and O–H groups in total. The number of piperidine rings is 1. The number of hydrogen-bond acceptors (Lipinski definition) is 7. The first-order valence-corrected chi connectivity index (χ1v) is 11.2. The van der Waals surface area contributed by atoms with E-state index in [2.05, 4.69) is 57.1 Å². The second kappa shape index (κ2) is 8.85. The molecule has 31 heavy (non-hydrogen) atoms. The van der Waals surface area contributed by atoms with Gasteiger partial charge in [-0.25, -0.2) is 4.98 Å². The van der Waals surface area contributed by atoms with Crippen LogP contribution >= 0.6 is 0 Å². The van der Waals surface area contributed by atoms with Crippen molar-refractivity contribution in [2.45, 2.75) is 25.4 Å². The third kappa shape index (κ3) is 4.52. The van der Waals surface area contributed by atoms with E-state index in [-0.39, 0.29) is 0 Å². The van der Waals surface area contributed by atoms with Gasteiger partial charge in [-0.05, 0) is 44.6 Å². The maximum Gasteiger partial charge on any atom is 0.213 e. The molecule has 7 heteroatoms. The van der Waals surface area contributed by atoms with Crippen LogP contribution in [0.3, 0.4) is 0 Å². The van der Waals surface area contributed by atoms with Gasteiger partial charge in [0.05, 0.1) is 12.0 Å². The van der Waals surface area contributed by atoms with Gasteiger partial charge >= 0.3 is 0 Å². The van der Waals surface area contributed by atoms with Crippen LogP contribution in [0.1, 0.15) is 18.4 Å². The van der Waals surface area contributed by atoms with E-state index in [1.165, 1.54) is 18.4 Å². The molecule has 2 saturated heterocycles. The van der Waals surface area contributed by atoms with Crippen LogP contribution in [-0.4, -0.2) is 72.9 Å². The number of hydrogen-bond donors (Lipinski definition) is 0. The average molecular weight is 422 g/mol. The minimum Gasteiger partial charge on any atom is -0.477 e. The average Bonchev–Trinajstić information content (AvgIpc) is 3.22. The molecule has 0 unspecified atom stereocenters. The summed E-state index contributed by atoms with van der Waals surface area (Å²) in [6.45, 7) is 5.78. The lowest BCUT2D eigenvalue weighted by atomic mass is 9.91. The number of fused-ring (bicyclic) bond motifs is 2. The van der Waals surface area contributed by atoms with Crippen molar-refractivity contribution in [3.8, 4) is 5.88 Å². The first-order chi connectivity index (χ1) is 15.2. The van der Waals surface area contributed by atoms with Gasteiger partial charge in [-0.2, -0.15) is 0 Å². The molecule has 1 aromatic carbocycles. The van der Waals surface area contributed by atoms with Crippen LogP contribution < -0.4 is 9.64 Å². The molecule has 0 bridgehead atoms. The van der Waals surface area contributed by atoms with Crippen LogP contribution in [0.2, 0.25) is 0 Å². The van der Waals surface area contributed by atoms with Crippen molar-refractivity contribution in [2.24, 2.45) is 5.92 Å². The van der Waals surface area contributed by atoms with Crippen LogP contribution in [-0.2, 0) is 6.54 Å². The van der Waals surface area contributed by atoms with Crippen molar-refractivity contribution in [3.05, 3.63) is 48.2 Å². The summed E-state index contributed by atoms with van der Waals surface area (Å²) in [4.78, 5) is 11.6. The Hall–Kier alpha value is -2.64. The minimum absolute atomic E-state index is 0.555. The van der Waals surface area contributed by atoms with Gasteiger partial charge in [0.2, 0.25) is 5.88 Å². The number of benzene rings is 1. The molecule has 0 aliphatic carbocycles. The summed E-state index contributed by atoms with van der Waals surface area (Å²) >= 11 is 0. The van der Waals surface area contributed by atoms with Gasteiger partial charge in [-0.15, -0.1) is 0 Å². The lowest BCUT2D eigenvalue weighted by Gasteiger charge is -2.46. The molecule has 2 aliphatic rings. The van der Waals surface area contributed by atoms with Crippen LogP contribution in [0, 0.1) is 5.92 Å². The predicted molar refractivity (Wildman–Crippen MR) is 121 cm³/mol. The van der Waals surface area contributed by atoms with E-state index in [1.54, 1.807) is 0 Å². The molecule has 0 radical (unpaired) electrons. The summed E-state index contributed by atoms with van der Waals surface area (Å²) in [7, 11) is 4.13. The zero-order chi connectivity index (χ0) is 21.2. The van der Waals surface area contributed by atoms with Gasteiger partial charge in [-0.3, -0.25) is 4.90 Å². The van der Waals surface area contributed by atoms with Crippen molar-refractivity contribution in [2.75, 3.05) is 51.8 Å². The predicted octanol–water partition coefficient (Wildman–Crippen LogP) is 3.26.